The zero-order valence-corrected chi connectivity index (χ0v) is 14.8. The maximum absolute atomic E-state index is 12.4. The normalized spacial score (nSPS) is 15.9. The molecule has 0 atom stereocenters. The zero-order chi connectivity index (χ0) is 18.3. The highest BCUT2D eigenvalue weighted by Gasteiger charge is 2.38. The molecule has 1 saturated carbocycles. The molecule has 0 heterocycles. The lowest BCUT2D eigenvalue weighted by Crippen LogP contribution is -2.51. The largest absolute Gasteiger partial charge is 0.452 e. The molecule has 0 unspecified atom stereocenters. The second-order valence-electron chi connectivity index (χ2n) is 6.36. The summed E-state index contributed by atoms with van der Waals surface area (Å²) in [4.78, 5) is 25.9. The second kappa shape index (κ2) is 8.63. The lowest BCUT2D eigenvalue weighted by Gasteiger charge is -2.38. The highest BCUT2D eigenvalue weighted by atomic mass is 16.5. The van der Waals surface area contributed by atoms with Crippen LogP contribution in [0.3, 0.4) is 0 Å². The van der Waals surface area contributed by atoms with Crippen molar-refractivity contribution in [1.82, 2.24) is 4.90 Å². The number of ether oxygens (including phenoxy) is 2. The van der Waals surface area contributed by atoms with Crippen LogP contribution in [0.4, 0.5) is 0 Å². The molecule has 134 valence electrons. The number of nitriles is 1. The molecule has 1 aromatic rings. The summed E-state index contributed by atoms with van der Waals surface area (Å²) in [7, 11) is 3.22. The first kappa shape index (κ1) is 18.9. The molecule has 25 heavy (non-hydrogen) atoms. The van der Waals surface area contributed by atoms with E-state index in [9.17, 15) is 14.9 Å². The summed E-state index contributed by atoms with van der Waals surface area (Å²) in [6.45, 7) is 0.105. The van der Waals surface area contributed by atoms with Gasteiger partial charge in [0.15, 0.2) is 6.61 Å². The Morgan fingerprint density at radius 1 is 1.20 bits per heavy atom. The van der Waals surface area contributed by atoms with Gasteiger partial charge < -0.3 is 14.4 Å². The molecule has 0 radical (unpaired) electrons. The molecule has 1 aliphatic carbocycles. The Hall–Kier alpha value is -2.39. The fourth-order valence-corrected chi connectivity index (χ4v) is 3.11. The van der Waals surface area contributed by atoms with Crippen molar-refractivity contribution in [2.45, 2.75) is 44.2 Å². The minimum Gasteiger partial charge on any atom is -0.452 e. The number of carbonyl (C=O) groups is 2. The average molecular weight is 344 g/mol. The van der Waals surface area contributed by atoms with Gasteiger partial charge in [0.1, 0.15) is 5.54 Å². The summed E-state index contributed by atoms with van der Waals surface area (Å²) in [5.41, 5.74) is 0.551. The van der Waals surface area contributed by atoms with Crippen molar-refractivity contribution in [3.8, 4) is 6.07 Å². The van der Waals surface area contributed by atoms with E-state index in [1.165, 1.54) is 4.90 Å². The van der Waals surface area contributed by atoms with Crippen molar-refractivity contribution < 1.29 is 19.1 Å². The molecule has 2 rings (SSSR count). The van der Waals surface area contributed by atoms with Crippen molar-refractivity contribution in [2.75, 3.05) is 20.8 Å². The van der Waals surface area contributed by atoms with Crippen LogP contribution in [0.5, 0.6) is 0 Å². The minimum absolute atomic E-state index is 0.354. The Morgan fingerprint density at radius 3 is 2.40 bits per heavy atom. The molecule has 1 fully saturated rings. The summed E-state index contributed by atoms with van der Waals surface area (Å²) in [6.07, 6.45) is 4.28. The first-order chi connectivity index (χ1) is 12.0. The molecule has 0 N–H and O–H groups in total. The van der Waals surface area contributed by atoms with Crippen LogP contribution in [0, 0.1) is 11.3 Å². The van der Waals surface area contributed by atoms with Crippen LogP contribution in [0.25, 0.3) is 0 Å². The number of hydrogen-bond donors (Lipinski definition) is 0. The molecule has 0 spiro atoms. The molecule has 0 saturated heterocycles. The van der Waals surface area contributed by atoms with Crippen molar-refractivity contribution >= 4 is 11.9 Å². The van der Waals surface area contributed by atoms with E-state index in [4.69, 9.17) is 9.47 Å². The van der Waals surface area contributed by atoms with Crippen LogP contribution in [0.2, 0.25) is 0 Å². The molecule has 1 aromatic carbocycles. The van der Waals surface area contributed by atoms with Crippen LogP contribution >= 0.6 is 0 Å². The molecule has 1 amide bonds. The fourth-order valence-electron chi connectivity index (χ4n) is 3.11. The Labute approximate surface area is 148 Å². The molecule has 6 heteroatoms. The summed E-state index contributed by atoms with van der Waals surface area (Å²) in [6, 6.07) is 9.13. The van der Waals surface area contributed by atoms with Crippen LogP contribution < -0.4 is 0 Å². The van der Waals surface area contributed by atoms with Gasteiger partial charge in [-0.1, -0.05) is 31.4 Å². The van der Waals surface area contributed by atoms with Gasteiger partial charge in [-0.2, -0.15) is 5.26 Å². The van der Waals surface area contributed by atoms with Gasteiger partial charge in [-0.3, -0.25) is 4.79 Å². The lowest BCUT2D eigenvalue weighted by molar-refractivity contribution is -0.138. The number of esters is 1. The lowest BCUT2D eigenvalue weighted by atomic mass is 9.81. The number of likely N-dealkylation sites (N-methyl/N-ethyl adjacent to an activating group) is 1. The number of amides is 1. The van der Waals surface area contributed by atoms with Crippen LogP contribution in [0.1, 0.15) is 48.0 Å². The molecule has 0 bridgehead atoms. The van der Waals surface area contributed by atoms with E-state index in [1.807, 2.05) is 0 Å². The number of hydrogen-bond acceptors (Lipinski definition) is 5. The Kier molecular flexibility index (Phi) is 6.54. The molecule has 1 aliphatic rings. The zero-order valence-electron chi connectivity index (χ0n) is 14.8. The standard InChI is InChI=1S/C19H24N2O4/c1-21(19(14-20)10-4-3-5-11-19)17(22)13-25-18(23)16-8-6-15(7-9-16)12-24-2/h6-9H,3-5,10-13H2,1-2H3. The maximum Gasteiger partial charge on any atom is 0.338 e. The SMILES string of the molecule is COCc1ccc(C(=O)OCC(=O)N(C)C2(C#N)CCCCC2)cc1. The van der Waals surface area contributed by atoms with E-state index in [-0.39, 0.29) is 12.5 Å². The Balaban J connectivity index is 1.92. The van der Waals surface area contributed by atoms with Crippen molar-refractivity contribution in [1.29, 1.82) is 5.26 Å². The topological polar surface area (TPSA) is 79.6 Å². The highest BCUT2D eigenvalue weighted by Crippen LogP contribution is 2.32. The smallest absolute Gasteiger partial charge is 0.338 e. The van der Waals surface area contributed by atoms with Gasteiger partial charge in [-0.25, -0.2) is 4.79 Å². The van der Waals surface area contributed by atoms with Gasteiger partial charge in [-0.15, -0.1) is 0 Å². The van der Waals surface area contributed by atoms with Gasteiger partial charge in [0.2, 0.25) is 0 Å². The van der Waals surface area contributed by atoms with Crippen LogP contribution in [-0.4, -0.2) is 43.1 Å². The predicted octanol–water partition coefficient (Wildman–Crippen LogP) is 2.67. The average Bonchev–Trinajstić information content (AvgIpc) is 2.66. The van der Waals surface area contributed by atoms with E-state index in [1.54, 1.807) is 38.4 Å². The number of rotatable bonds is 6. The van der Waals surface area contributed by atoms with Crippen LogP contribution in [0.15, 0.2) is 24.3 Å². The molecule has 6 nitrogen and oxygen atoms in total. The second-order valence-corrected chi connectivity index (χ2v) is 6.36. The van der Waals surface area contributed by atoms with Gasteiger partial charge in [0.25, 0.3) is 5.91 Å². The van der Waals surface area contributed by atoms with E-state index in [0.29, 0.717) is 25.0 Å². The van der Waals surface area contributed by atoms with Crippen molar-refractivity contribution in [3.05, 3.63) is 35.4 Å². The molecular formula is C19H24N2O4. The highest BCUT2D eigenvalue weighted by molar-refractivity contribution is 5.91. The number of carbonyl (C=O) groups excluding carboxylic acids is 2. The Bertz CT molecular complexity index is 642. The molecule has 0 aromatic heterocycles. The van der Waals surface area contributed by atoms with E-state index in [0.717, 1.165) is 24.8 Å². The molecule has 0 aliphatic heterocycles. The minimum atomic E-state index is -0.774. The van der Waals surface area contributed by atoms with E-state index < -0.39 is 11.5 Å². The number of benzene rings is 1. The summed E-state index contributed by atoms with van der Waals surface area (Å²) < 4.78 is 10.1. The first-order valence-electron chi connectivity index (χ1n) is 8.45. The fraction of sp³-hybridized carbons (Fsp3) is 0.526. The monoisotopic (exact) mass is 344 g/mol. The van der Waals surface area contributed by atoms with Gasteiger partial charge in [0.05, 0.1) is 18.2 Å². The number of methoxy groups -OCH3 is 1. The predicted molar refractivity (Wildman–Crippen MR) is 91.6 cm³/mol. The van der Waals surface area contributed by atoms with E-state index >= 15 is 0 Å². The first-order valence-corrected chi connectivity index (χ1v) is 8.45. The number of nitrogens with zero attached hydrogens (tertiary/aromatic N) is 2. The van der Waals surface area contributed by atoms with Crippen LogP contribution in [-0.2, 0) is 20.9 Å². The summed E-state index contributed by atoms with van der Waals surface area (Å²) in [5.74, 6) is -0.909. The van der Waals surface area contributed by atoms with Crippen molar-refractivity contribution in [2.24, 2.45) is 0 Å². The van der Waals surface area contributed by atoms with Gasteiger partial charge in [-0.05, 0) is 30.5 Å². The maximum atomic E-state index is 12.4. The third-order valence-electron chi connectivity index (χ3n) is 4.73. The third kappa shape index (κ3) is 4.58. The van der Waals surface area contributed by atoms with E-state index in [2.05, 4.69) is 6.07 Å². The third-order valence-corrected chi connectivity index (χ3v) is 4.73. The quantitative estimate of drug-likeness (QED) is 0.741. The summed E-state index contributed by atoms with van der Waals surface area (Å²) in [5, 5.41) is 9.52. The van der Waals surface area contributed by atoms with Gasteiger partial charge >= 0.3 is 5.97 Å². The van der Waals surface area contributed by atoms with Gasteiger partial charge in [0, 0.05) is 14.2 Å². The summed E-state index contributed by atoms with van der Waals surface area (Å²) >= 11 is 0. The molecular weight excluding hydrogens is 320 g/mol. The Morgan fingerprint density at radius 2 is 1.84 bits per heavy atom. The van der Waals surface area contributed by atoms with Crippen molar-refractivity contribution in [3.63, 3.8) is 0 Å².